The molecule has 2 atom stereocenters. The predicted molar refractivity (Wildman–Crippen MR) is 64.2 cm³/mol. The van der Waals surface area contributed by atoms with Crippen molar-refractivity contribution in [3.63, 3.8) is 0 Å². The fourth-order valence-corrected chi connectivity index (χ4v) is 1.89. The molecule has 0 saturated heterocycles. The zero-order valence-electron chi connectivity index (χ0n) is 9.15. The van der Waals surface area contributed by atoms with Gasteiger partial charge in [-0.15, -0.1) is 13.2 Å². The maximum absolute atomic E-state index is 10.5. The van der Waals surface area contributed by atoms with Crippen molar-refractivity contribution in [2.75, 3.05) is 0 Å². The van der Waals surface area contributed by atoms with Crippen LogP contribution in [0.2, 0.25) is 0 Å². The minimum absolute atomic E-state index is 0.150. The molecule has 0 aromatic carbocycles. The second-order valence-electron chi connectivity index (χ2n) is 3.46. The smallest absolute Gasteiger partial charge is 0.316 e. The van der Waals surface area contributed by atoms with E-state index in [0.717, 1.165) is 32.1 Å². The Morgan fingerprint density at radius 1 is 1.27 bits per heavy atom. The lowest BCUT2D eigenvalue weighted by Gasteiger charge is -2.13. The van der Waals surface area contributed by atoms with Gasteiger partial charge in [-0.1, -0.05) is 25.0 Å². The van der Waals surface area contributed by atoms with Crippen molar-refractivity contribution in [3.05, 3.63) is 25.3 Å². The third kappa shape index (κ3) is 9.92. The predicted octanol–water partition coefficient (Wildman–Crippen LogP) is 3.47. The molecule has 0 spiro atoms. The van der Waals surface area contributed by atoms with Gasteiger partial charge in [-0.3, -0.25) is 4.57 Å². The molecule has 0 radical (unpaired) electrons. The molecule has 15 heavy (non-hydrogen) atoms. The molecule has 0 aliphatic rings. The summed E-state index contributed by atoms with van der Waals surface area (Å²) in [5.41, 5.74) is 0. The maximum Gasteiger partial charge on any atom is 0.316 e. The van der Waals surface area contributed by atoms with Crippen molar-refractivity contribution in [2.24, 2.45) is 0 Å². The standard InChI is InChI=1S/C11H21O3P/c1-3-5-6-7-8-10-11(9-4-2)14-15(12)13/h3-4,11,15H,1-2,5-10H2,(H,12,13). The lowest BCUT2D eigenvalue weighted by molar-refractivity contribution is 0.178. The first-order valence-electron chi connectivity index (χ1n) is 5.32. The van der Waals surface area contributed by atoms with E-state index < -0.39 is 8.25 Å². The van der Waals surface area contributed by atoms with Crippen LogP contribution in [0, 0.1) is 0 Å². The lowest BCUT2D eigenvalue weighted by atomic mass is 10.1. The Morgan fingerprint density at radius 2 is 2.00 bits per heavy atom. The summed E-state index contributed by atoms with van der Waals surface area (Å²) in [7, 11) is -2.82. The van der Waals surface area contributed by atoms with Crippen LogP contribution >= 0.6 is 8.25 Å². The normalized spacial score (nSPS) is 14.5. The highest BCUT2D eigenvalue weighted by molar-refractivity contribution is 7.32. The molecule has 0 amide bonds. The van der Waals surface area contributed by atoms with Gasteiger partial charge in [-0.05, 0) is 25.7 Å². The number of rotatable bonds is 10. The van der Waals surface area contributed by atoms with Crippen LogP contribution in [0.3, 0.4) is 0 Å². The summed E-state index contributed by atoms with van der Waals surface area (Å²) >= 11 is 0. The molecule has 0 fully saturated rings. The molecule has 0 bridgehead atoms. The lowest BCUT2D eigenvalue weighted by Crippen LogP contribution is -2.07. The third-order valence-electron chi connectivity index (χ3n) is 2.13. The Morgan fingerprint density at radius 3 is 2.53 bits per heavy atom. The summed E-state index contributed by atoms with van der Waals surface area (Å²) in [6, 6.07) is 0. The maximum atomic E-state index is 10.5. The van der Waals surface area contributed by atoms with Gasteiger partial charge in [0.15, 0.2) is 0 Å². The molecule has 3 nitrogen and oxygen atoms in total. The molecule has 0 aromatic heterocycles. The second-order valence-corrected chi connectivity index (χ2v) is 4.22. The highest BCUT2D eigenvalue weighted by atomic mass is 31.1. The first-order chi connectivity index (χ1) is 7.20. The van der Waals surface area contributed by atoms with Gasteiger partial charge in [0.2, 0.25) is 0 Å². The average Bonchev–Trinajstić information content (AvgIpc) is 2.17. The van der Waals surface area contributed by atoms with Crippen LogP contribution in [0.15, 0.2) is 25.3 Å². The van der Waals surface area contributed by atoms with E-state index in [9.17, 15) is 4.57 Å². The van der Waals surface area contributed by atoms with E-state index in [4.69, 9.17) is 9.42 Å². The van der Waals surface area contributed by atoms with E-state index in [1.165, 1.54) is 0 Å². The Labute approximate surface area is 92.8 Å². The van der Waals surface area contributed by atoms with E-state index in [1.807, 2.05) is 6.08 Å². The summed E-state index contributed by atoms with van der Waals surface area (Å²) in [6.45, 7) is 7.25. The summed E-state index contributed by atoms with van der Waals surface area (Å²) in [6.07, 6.45) is 9.21. The van der Waals surface area contributed by atoms with Gasteiger partial charge in [-0.2, -0.15) is 0 Å². The van der Waals surface area contributed by atoms with Crippen LogP contribution in [-0.2, 0) is 9.09 Å². The summed E-state index contributed by atoms with van der Waals surface area (Å²) in [5.74, 6) is 0. The van der Waals surface area contributed by atoms with Gasteiger partial charge in [0, 0.05) is 0 Å². The highest BCUT2D eigenvalue weighted by Gasteiger charge is 2.09. The van der Waals surface area contributed by atoms with Crippen molar-refractivity contribution >= 4 is 8.25 Å². The number of allylic oxidation sites excluding steroid dienone is 1. The van der Waals surface area contributed by atoms with Gasteiger partial charge in [0.25, 0.3) is 0 Å². The summed E-state index contributed by atoms with van der Waals surface area (Å²) in [5, 5.41) is 0. The molecule has 0 aliphatic heterocycles. The number of hydrogen-bond acceptors (Lipinski definition) is 2. The van der Waals surface area contributed by atoms with Gasteiger partial charge in [-0.25, -0.2) is 0 Å². The zero-order chi connectivity index (χ0) is 11.5. The molecule has 0 heterocycles. The fourth-order valence-electron chi connectivity index (χ4n) is 1.39. The zero-order valence-corrected chi connectivity index (χ0v) is 10.2. The van der Waals surface area contributed by atoms with E-state index in [2.05, 4.69) is 13.2 Å². The third-order valence-corrected chi connectivity index (χ3v) is 2.67. The molecule has 0 saturated carbocycles. The molecule has 0 aliphatic carbocycles. The largest absolute Gasteiger partial charge is 0.326 e. The minimum atomic E-state index is -2.82. The molecule has 2 unspecified atom stereocenters. The average molecular weight is 232 g/mol. The Balaban J connectivity index is 3.60. The molecule has 1 N–H and O–H groups in total. The van der Waals surface area contributed by atoms with Gasteiger partial charge >= 0.3 is 8.25 Å². The monoisotopic (exact) mass is 232 g/mol. The highest BCUT2D eigenvalue weighted by Crippen LogP contribution is 2.23. The molecule has 0 rings (SSSR count). The SMILES string of the molecule is C=CCCCCCC(CC=C)O[PH](=O)O. The fraction of sp³-hybridized carbons (Fsp3) is 0.636. The second kappa shape index (κ2) is 10.2. The first kappa shape index (κ1) is 14.6. The van der Waals surface area contributed by atoms with E-state index >= 15 is 0 Å². The van der Waals surface area contributed by atoms with Crippen molar-refractivity contribution in [1.82, 2.24) is 0 Å². The molecule has 4 heteroatoms. The van der Waals surface area contributed by atoms with Crippen LogP contribution in [0.5, 0.6) is 0 Å². The van der Waals surface area contributed by atoms with Crippen molar-refractivity contribution in [1.29, 1.82) is 0 Å². The Hall–Kier alpha value is -0.370. The van der Waals surface area contributed by atoms with Gasteiger partial charge in [0.05, 0.1) is 6.10 Å². The molecular weight excluding hydrogens is 211 g/mol. The quantitative estimate of drug-likeness (QED) is 0.356. The molecule has 0 aromatic rings. The van der Waals surface area contributed by atoms with Crippen LogP contribution in [-0.4, -0.2) is 11.0 Å². The minimum Gasteiger partial charge on any atom is -0.326 e. The number of hydrogen-bond donors (Lipinski definition) is 1. The van der Waals surface area contributed by atoms with E-state index in [-0.39, 0.29) is 6.10 Å². The van der Waals surface area contributed by atoms with Crippen molar-refractivity contribution in [3.8, 4) is 0 Å². The molecule has 88 valence electrons. The summed E-state index contributed by atoms with van der Waals surface area (Å²) in [4.78, 5) is 8.67. The summed E-state index contributed by atoms with van der Waals surface area (Å²) < 4.78 is 15.4. The van der Waals surface area contributed by atoms with Crippen LogP contribution < -0.4 is 0 Å². The van der Waals surface area contributed by atoms with E-state index in [1.54, 1.807) is 6.08 Å². The van der Waals surface area contributed by atoms with Gasteiger partial charge in [0.1, 0.15) is 0 Å². The Bertz CT molecular complexity index is 204. The number of unbranched alkanes of at least 4 members (excludes halogenated alkanes) is 3. The van der Waals surface area contributed by atoms with Crippen molar-refractivity contribution < 1.29 is 14.0 Å². The van der Waals surface area contributed by atoms with Gasteiger partial charge < -0.3 is 9.42 Å². The van der Waals surface area contributed by atoms with Crippen molar-refractivity contribution in [2.45, 2.75) is 44.6 Å². The molecular formula is C11H21O3P. The first-order valence-corrected chi connectivity index (χ1v) is 6.58. The van der Waals surface area contributed by atoms with Crippen LogP contribution in [0.1, 0.15) is 38.5 Å². The van der Waals surface area contributed by atoms with Crippen LogP contribution in [0.25, 0.3) is 0 Å². The Kier molecular flexibility index (Phi) is 9.91. The topological polar surface area (TPSA) is 46.5 Å². The van der Waals surface area contributed by atoms with E-state index in [0.29, 0.717) is 6.42 Å². The van der Waals surface area contributed by atoms with Crippen LogP contribution in [0.4, 0.5) is 0 Å².